The lowest BCUT2D eigenvalue weighted by atomic mass is 9.88. The molecule has 4 heterocycles. The topological polar surface area (TPSA) is 59.7 Å². The van der Waals surface area contributed by atoms with E-state index in [9.17, 15) is 35.5 Å². The number of likely N-dealkylation sites (tertiary alicyclic amines) is 1. The van der Waals surface area contributed by atoms with Crippen molar-refractivity contribution in [2.75, 3.05) is 13.1 Å². The van der Waals surface area contributed by atoms with Gasteiger partial charge in [-0.15, -0.1) is 0 Å². The number of aromatic nitrogens is 3. The van der Waals surface area contributed by atoms with Crippen molar-refractivity contribution in [3.63, 3.8) is 0 Å². The number of ether oxygens (including phenoxy) is 1. The molecule has 0 aliphatic carbocycles. The second-order valence-electron chi connectivity index (χ2n) is 8.76. The Morgan fingerprint density at radius 2 is 1.71 bits per heavy atom. The molecule has 0 atom stereocenters. The van der Waals surface area contributed by atoms with E-state index in [2.05, 4.69) is 9.72 Å². The Morgan fingerprint density at radius 1 is 1.09 bits per heavy atom. The molecule has 0 bridgehead atoms. The molecule has 0 radical (unpaired) electrons. The summed E-state index contributed by atoms with van der Waals surface area (Å²) in [6.45, 7) is 3.73. The van der Waals surface area contributed by atoms with Gasteiger partial charge in [0.1, 0.15) is 5.82 Å². The van der Waals surface area contributed by atoms with Gasteiger partial charge in [-0.25, -0.2) is 18.7 Å². The second kappa shape index (κ2) is 8.83. The Morgan fingerprint density at radius 3 is 2.29 bits per heavy atom. The molecule has 35 heavy (non-hydrogen) atoms. The number of fused-ring (bicyclic) bond motifs is 3. The maximum Gasteiger partial charge on any atom is 0.434 e. The number of piperidine rings is 1. The molecule has 0 spiro atoms. The highest BCUT2D eigenvalue weighted by atomic mass is 19.4. The van der Waals surface area contributed by atoms with Crippen molar-refractivity contribution in [2.24, 2.45) is 0 Å². The SMILES string of the molecule is CC(C)c1c(C2CCN(C(=O)OC(C(F)(F)F)C(F)(F)F)CC2)nn2c1ccc1cc(F)cnc12. The summed E-state index contributed by atoms with van der Waals surface area (Å²) in [5.41, 5.74) is 2.83. The molecular weight excluding hydrogens is 485 g/mol. The average Bonchev–Trinajstić information content (AvgIpc) is 3.15. The second-order valence-corrected chi connectivity index (χ2v) is 8.76. The summed E-state index contributed by atoms with van der Waals surface area (Å²) in [4.78, 5) is 17.1. The van der Waals surface area contributed by atoms with Gasteiger partial charge in [-0.3, -0.25) is 0 Å². The lowest BCUT2D eigenvalue weighted by molar-refractivity contribution is -0.308. The van der Waals surface area contributed by atoms with E-state index in [-0.39, 0.29) is 37.8 Å². The molecule has 6 nitrogen and oxygen atoms in total. The Bertz CT molecular complexity index is 1230. The summed E-state index contributed by atoms with van der Waals surface area (Å²) in [5.74, 6) is -0.665. The molecule has 3 aromatic rings. The minimum absolute atomic E-state index is 0.0303. The van der Waals surface area contributed by atoms with Crippen LogP contribution in [0.2, 0.25) is 0 Å². The molecule has 4 rings (SSSR count). The van der Waals surface area contributed by atoms with Crippen molar-refractivity contribution < 1.29 is 40.3 Å². The fourth-order valence-corrected chi connectivity index (χ4v) is 4.42. The highest BCUT2D eigenvalue weighted by Gasteiger charge is 2.60. The van der Waals surface area contributed by atoms with Gasteiger partial charge < -0.3 is 9.64 Å². The Kier molecular flexibility index (Phi) is 6.30. The molecule has 3 aromatic heterocycles. The zero-order valence-electron chi connectivity index (χ0n) is 18.6. The number of pyridine rings is 2. The lowest BCUT2D eigenvalue weighted by Crippen LogP contribution is -2.49. The van der Waals surface area contributed by atoms with E-state index in [1.54, 1.807) is 16.6 Å². The number of hydrogen-bond acceptors (Lipinski definition) is 4. The third-order valence-electron chi connectivity index (χ3n) is 6.00. The zero-order valence-corrected chi connectivity index (χ0v) is 18.6. The van der Waals surface area contributed by atoms with Gasteiger partial charge in [0.15, 0.2) is 5.65 Å². The number of amides is 1. The highest BCUT2D eigenvalue weighted by molar-refractivity contribution is 5.80. The van der Waals surface area contributed by atoms with E-state index in [1.807, 2.05) is 13.8 Å². The Hall–Kier alpha value is -3.12. The van der Waals surface area contributed by atoms with Gasteiger partial charge in [0, 0.05) is 30.0 Å². The maximum absolute atomic E-state index is 13.6. The van der Waals surface area contributed by atoms with Crippen LogP contribution in [-0.4, -0.2) is 57.1 Å². The summed E-state index contributed by atoms with van der Waals surface area (Å²) in [5, 5.41) is 5.24. The fraction of sp³-hybridized carbons (Fsp3) is 0.500. The number of rotatable bonds is 3. The summed E-state index contributed by atoms with van der Waals surface area (Å²) < 4.78 is 95.4. The molecule has 0 N–H and O–H groups in total. The van der Waals surface area contributed by atoms with Gasteiger partial charge in [-0.1, -0.05) is 13.8 Å². The third kappa shape index (κ3) is 4.85. The largest absolute Gasteiger partial charge is 0.434 e. The van der Waals surface area contributed by atoms with Crippen molar-refractivity contribution in [3.05, 3.63) is 41.5 Å². The maximum atomic E-state index is 13.6. The van der Waals surface area contributed by atoms with Crippen LogP contribution in [0.1, 0.15) is 49.8 Å². The molecule has 0 unspecified atom stereocenters. The van der Waals surface area contributed by atoms with E-state index in [0.29, 0.717) is 16.7 Å². The molecule has 0 saturated carbocycles. The molecule has 1 fully saturated rings. The van der Waals surface area contributed by atoms with E-state index < -0.39 is 30.4 Å². The first-order valence-electron chi connectivity index (χ1n) is 10.8. The molecule has 1 aliphatic rings. The van der Waals surface area contributed by atoms with Gasteiger partial charge in [0.05, 0.1) is 17.4 Å². The normalized spacial score (nSPS) is 16.1. The van der Waals surface area contributed by atoms with E-state index in [4.69, 9.17) is 5.10 Å². The smallest absolute Gasteiger partial charge is 0.426 e. The van der Waals surface area contributed by atoms with Crippen molar-refractivity contribution in [3.8, 4) is 0 Å². The first-order valence-corrected chi connectivity index (χ1v) is 10.8. The van der Waals surface area contributed by atoms with Crippen molar-refractivity contribution in [1.82, 2.24) is 19.5 Å². The number of carbonyl (C=O) groups excluding carboxylic acids is 1. The molecule has 0 aromatic carbocycles. The molecule has 13 heteroatoms. The van der Waals surface area contributed by atoms with E-state index in [1.165, 1.54) is 6.07 Å². The van der Waals surface area contributed by atoms with E-state index >= 15 is 0 Å². The molecule has 1 amide bonds. The van der Waals surface area contributed by atoms with Gasteiger partial charge in [-0.2, -0.15) is 31.4 Å². The predicted octanol–water partition coefficient (Wildman–Crippen LogP) is 5.95. The predicted molar refractivity (Wildman–Crippen MR) is 110 cm³/mol. The van der Waals surface area contributed by atoms with Gasteiger partial charge in [0.25, 0.3) is 6.10 Å². The molecule has 190 valence electrons. The molecule has 1 aliphatic heterocycles. The quantitative estimate of drug-likeness (QED) is 0.412. The number of hydrogen-bond donors (Lipinski definition) is 0. The number of nitrogens with zero attached hydrogens (tertiary/aromatic N) is 4. The summed E-state index contributed by atoms with van der Waals surface area (Å²) in [7, 11) is 0. The lowest BCUT2D eigenvalue weighted by Gasteiger charge is -2.33. The monoisotopic (exact) mass is 506 g/mol. The minimum Gasteiger partial charge on any atom is -0.426 e. The Balaban J connectivity index is 1.56. The van der Waals surface area contributed by atoms with Crippen LogP contribution >= 0.6 is 0 Å². The zero-order chi connectivity index (χ0) is 25.7. The van der Waals surface area contributed by atoms with Crippen LogP contribution in [0.4, 0.5) is 35.5 Å². The van der Waals surface area contributed by atoms with Crippen LogP contribution in [0, 0.1) is 5.82 Å². The van der Waals surface area contributed by atoms with Crippen LogP contribution in [0.5, 0.6) is 0 Å². The summed E-state index contributed by atoms with van der Waals surface area (Å²) in [6.07, 6.45) is -15.8. The van der Waals surface area contributed by atoms with Crippen molar-refractivity contribution in [1.29, 1.82) is 0 Å². The van der Waals surface area contributed by atoms with Crippen LogP contribution in [-0.2, 0) is 4.74 Å². The van der Waals surface area contributed by atoms with Crippen LogP contribution in [0.3, 0.4) is 0 Å². The summed E-state index contributed by atoms with van der Waals surface area (Å²) >= 11 is 0. The Labute approximate surface area is 194 Å². The van der Waals surface area contributed by atoms with Crippen LogP contribution < -0.4 is 0 Å². The van der Waals surface area contributed by atoms with E-state index in [0.717, 1.165) is 22.2 Å². The average molecular weight is 506 g/mol. The fourth-order valence-electron chi connectivity index (χ4n) is 4.42. The number of alkyl halides is 6. The molecule has 1 saturated heterocycles. The molecular formula is C22H21F7N4O2. The first-order chi connectivity index (χ1) is 16.3. The third-order valence-corrected chi connectivity index (χ3v) is 6.00. The van der Waals surface area contributed by atoms with Crippen LogP contribution in [0.25, 0.3) is 16.6 Å². The highest BCUT2D eigenvalue weighted by Crippen LogP contribution is 2.38. The number of halogens is 7. The summed E-state index contributed by atoms with van der Waals surface area (Å²) in [6, 6.07) is 4.86. The van der Waals surface area contributed by atoms with Gasteiger partial charge in [0.2, 0.25) is 0 Å². The van der Waals surface area contributed by atoms with Crippen LogP contribution in [0.15, 0.2) is 24.4 Å². The first kappa shape index (κ1) is 25.0. The minimum atomic E-state index is -5.77. The van der Waals surface area contributed by atoms with Crippen molar-refractivity contribution >= 4 is 22.6 Å². The van der Waals surface area contributed by atoms with Gasteiger partial charge in [-0.05, 0) is 37.0 Å². The van der Waals surface area contributed by atoms with Gasteiger partial charge >= 0.3 is 18.4 Å². The van der Waals surface area contributed by atoms with Crippen molar-refractivity contribution in [2.45, 2.75) is 57.0 Å². The number of carbonyl (C=O) groups is 1. The standard InChI is InChI=1S/C22H21F7N4O2/c1-11(2)16-15-4-3-13-9-14(23)10-30-18(13)33(15)31-17(16)12-5-7-32(8-6-12)20(34)35-19(21(24,25)26)22(27,28)29/h3-4,9-12,19H,5-8H2,1-2H3.